The number of benzene rings is 1. The normalized spacial score (nSPS) is 10.4. The van der Waals surface area contributed by atoms with Crippen molar-refractivity contribution in [2.24, 2.45) is 0 Å². The molecule has 1 aromatic carbocycles. The highest BCUT2D eigenvalue weighted by atomic mass is 19.1. The van der Waals surface area contributed by atoms with Crippen LogP contribution in [0.15, 0.2) is 24.5 Å². The molecule has 0 atom stereocenters. The average Bonchev–Trinajstić information content (AvgIpc) is 2.70. The molecule has 1 N–H and O–H groups in total. The van der Waals surface area contributed by atoms with E-state index in [0.717, 1.165) is 12.1 Å². The molecule has 0 aliphatic heterocycles. The Bertz CT molecular complexity index is 540. The third kappa shape index (κ3) is 1.52. The number of nitro benzene ring substituents is 1. The summed E-state index contributed by atoms with van der Waals surface area (Å²) in [6, 6.07) is 1.61. The van der Waals surface area contributed by atoms with Gasteiger partial charge in [-0.05, 0) is 6.07 Å². The van der Waals surface area contributed by atoms with Gasteiger partial charge in [-0.1, -0.05) is 0 Å². The number of hydrogen-bond donors (Lipinski definition) is 1. The topological polar surface area (TPSA) is 71.8 Å². The van der Waals surface area contributed by atoms with Gasteiger partial charge >= 0.3 is 5.69 Å². The van der Waals surface area contributed by atoms with Crippen molar-refractivity contribution in [2.45, 2.75) is 0 Å². The van der Waals surface area contributed by atoms with Crippen LogP contribution in [0.25, 0.3) is 11.4 Å². The van der Waals surface area contributed by atoms with Crippen LogP contribution < -0.4 is 0 Å². The minimum absolute atomic E-state index is 0.0845. The molecule has 1 aromatic heterocycles. The number of hydrogen-bond acceptors (Lipinski definition) is 3. The molecule has 0 unspecified atom stereocenters. The molecule has 0 saturated carbocycles. The van der Waals surface area contributed by atoms with Crippen molar-refractivity contribution < 1.29 is 13.7 Å². The second-order valence-corrected chi connectivity index (χ2v) is 2.95. The van der Waals surface area contributed by atoms with Gasteiger partial charge in [0, 0.05) is 18.5 Å². The Morgan fingerprint density at radius 1 is 1.38 bits per heavy atom. The molecule has 0 bridgehead atoms. The van der Waals surface area contributed by atoms with Gasteiger partial charge in [-0.25, -0.2) is 9.37 Å². The van der Waals surface area contributed by atoms with Gasteiger partial charge in [0.15, 0.2) is 0 Å². The van der Waals surface area contributed by atoms with Crippen LogP contribution in [-0.2, 0) is 0 Å². The van der Waals surface area contributed by atoms with E-state index in [1.54, 1.807) is 0 Å². The molecule has 0 aliphatic rings. The molecule has 2 aromatic rings. The van der Waals surface area contributed by atoms with Crippen LogP contribution in [0, 0.1) is 21.7 Å². The number of imidazole rings is 1. The molecular weight excluding hydrogens is 220 g/mol. The fourth-order valence-corrected chi connectivity index (χ4v) is 1.30. The van der Waals surface area contributed by atoms with Crippen molar-refractivity contribution in [3.63, 3.8) is 0 Å². The van der Waals surface area contributed by atoms with Crippen LogP contribution in [0.1, 0.15) is 0 Å². The molecule has 2 rings (SSSR count). The molecular formula is C9H5F2N3O2. The van der Waals surface area contributed by atoms with E-state index >= 15 is 0 Å². The molecule has 0 amide bonds. The number of nitrogens with one attached hydrogen (secondary N) is 1. The Kier molecular flexibility index (Phi) is 2.35. The zero-order valence-corrected chi connectivity index (χ0v) is 7.78. The number of H-pyrrole nitrogens is 1. The second kappa shape index (κ2) is 3.69. The van der Waals surface area contributed by atoms with Crippen LogP contribution in [0.3, 0.4) is 0 Å². The first-order valence-corrected chi connectivity index (χ1v) is 4.23. The van der Waals surface area contributed by atoms with Crippen LogP contribution in [0.2, 0.25) is 0 Å². The van der Waals surface area contributed by atoms with Gasteiger partial charge in [0.05, 0.1) is 10.5 Å². The highest BCUT2D eigenvalue weighted by Crippen LogP contribution is 2.29. The monoisotopic (exact) mass is 225 g/mol. The molecule has 0 spiro atoms. The molecule has 7 heteroatoms. The van der Waals surface area contributed by atoms with Crippen molar-refractivity contribution in [3.05, 3.63) is 46.3 Å². The average molecular weight is 225 g/mol. The number of nitro groups is 1. The Hall–Kier alpha value is -2.31. The molecule has 0 fully saturated rings. The highest BCUT2D eigenvalue weighted by Gasteiger charge is 2.23. The molecule has 16 heavy (non-hydrogen) atoms. The maximum atomic E-state index is 13.6. The third-order valence-electron chi connectivity index (χ3n) is 2.00. The lowest BCUT2D eigenvalue weighted by Crippen LogP contribution is -1.98. The predicted octanol–water partition coefficient (Wildman–Crippen LogP) is 2.26. The summed E-state index contributed by atoms with van der Waals surface area (Å²) in [4.78, 5) is 15.7. The van der Waals surface area contributed by atoms with Crippen molar-refractivity contribution in [1.29, 1.82) is 0 Å². The summed E-state index contributed by atoms with van der Waals surface area (Å²) in [6.07, 6.45) is 2.67. The number of aromatic nitrogens is 2. The van der Waals surface area contributed by atoms with Crippen LogP contribution >= 0.6 is 0 Å². The van der Waals surface area contributed by atoms with E-state index in [1.807, 2.05) is 0 Å². The Labute approximate surface area is 87.9 Å². The number of halogens is 2. The lowest BCUT2D eigenvalue weighted by atomic mass is 10.1. The Morgan fingerprint density at radius 3 is 2.69 bits per heavy atom. The fraction of sp³-hybridized carbons (Fsp3) is 0. The van der Waals surface area contributed by atoms with E-state index in [-0.39, 0.29) is 5.82 Å². The maximum Gasteiger partial charge on any atom is 0.305 e. The van der Waals surface area contributed by atoms with Crippen molar-refractivity contribution in [3.8, 4) is 11.4 Å². The van der Waals surface area contributed by atoms with Gasteiger partial charge < -0.3 is 4.98 Å². The van der Waals surface area contributed by atoms with Crippen LogP contribution in [0.5, 0.6) is 0 Å². The largest absolute Gasteiger partial charge is 0.344 e. The van der Waals surface area contributed by atoms with Crippen molar-refractivity contribution in [2.75, 3.05) is 0 Å². The Balaban J connectivity index is 2.69. The van der Waals surface area contributed by atoms with E-state index in [0.29, 0.717) is 0 Å². The maximum absolute atomic E-state index is 13.6. The SMILES string of the molecule is O=[N+]([O-])c1ccc(F)c(-c2ncc[nH]2)c1F. The number of rotatable bonds is 2. The third-order valence-corrected chi connectivity index (χ3v) is 2.00. The lowest BCUT2D eigenvalue weighted by Gasteiger charge is -2.01. The molecule has 0 aliphatic carbocycles. The summed E-state index contributed by atoms with van der Waals surface area (Å²) in [6.45, 7) is 0. The molecule has 82 valence electrons. The first-order chi connectivity index (χ1) is 7.61. The smallest absolute Gasteiger partial charge is 0.305 e. The van der Waals surface area contributed by atoms with Gasteiger partial charge in [0.1, 0.15) is 11.6 Å². The number of nitrogens with zero attached hydrogens (tertiary/aromatic N) is 2. The first-order valence-electron chi connectivity index (χ1n) is 4.23. The van der Waals surface area contributed by atoms with Crippen molar-refractivity contribution >= 4 is 5.69 Å². The van der Waals surface area contributed by atoms with Crippen LogP contribution in [0.4, 0.5) is 14.5 Å². The van der Waals surface area contributed by atoms with Gasteiger partial charge in [-0.3, -0.25) is 10.1 Å². The summed E-state index contributed by atoms with van der Waals surface area (Å²) in [5, 5.41) is 10.5. The predicted molar refractivity (Wildman–Crippen MR) is 50.6 cm³/mol. The molecule has 5 nitrogen and oxygen atoms in total. The van der Waals surface area contributed by atoms with E-state index < -0.39 is 27.8 Å². The van der Waals surface area contributed by atoms with E-state index in [4.69, 9.17) is 0 Å². The second-order valence-electron chi connectivity index (χ2n) is 2.95. The van der Waals surface area contributed by atoms with Crippen molar-refractivity contribution in [1.82, 2.24) is 9.97 Å². The van der Waals surface area contributed by atoms with Gasteiger partial charge in [0.25, 0.3) is 0 Å². The fourth-order valence-electron chi connectivity index (χ4n) is 1.30. The summed E-state index contributed by atoms with van der Waals surface area (Å²) < 4.78 is 26.9. The zero-order valence-electron chi connectivity index (χ0n) is 7.78. The molecule has 1 heterocycles. The summed E-state index contributed by atoms with van der Waals surface area (Å²) in [5.74, 6) is -2.23. The quantitative estimate of drug-likeness (QED) is 0.629. The molecule has 0 saturated heterocycles. The van der Waals surface area contributed by atoms with E-state index in [2.05, 4.69) is 9.97 Å². The summed E-state index contributed by atoms with van der Waals surface area (Å²) in [5.41, 5.74) is -1.31. The minimum atomic E-state index is -1.24. The summed E-state index contributed by atoms with van der Waals surface area (Å²) >= 11 is 0. The number of aromatic amines is 1. The van der Waals surface area contributed by atoms with Gasteiger partial charge in [0.2, 0.25) is 5.82 Å². The zero-order chi connectivity index (χ0) is 11.7. The molecule has 0 radical (unpaired) electrons. The van der Waals surface area contributed by atoms with Crippen LogP contribution in [-0.4, -0.2) is 14.9 Å². The minimum Gasteiger partial charge on any atom is -0.344 e. The standard InChI is InChI=1S/C9H5F2N3O2/c10-5-1-2-6(14(15)16)8(11)7(5)9-12-3-4-13-9/h1-4H,(H,12,13). The summed E-state index contributed by atoms with van der Waals surface area (Å²) in [7, 11) is 0. The Morgan fingerprint density at radius 2 is 2.12 bits per heavy atom. The van der Waals surface area contributed by atoms with Gasteiger partial charge in [-0.15, -0.1) is 0 Å². The highest BCUT2D eigenvalue weighted by molar-refractivity contribution is 5.61. The van der Waals surface area contributed by atoms with E-state index in [9.17, 15) is 18.9 Å². The first kappa shape index (κ1) is 10.2. The van der Waals surface area contributed by atoms with E-state index in [1.165, 1.54) is 12.4 Å². The van der Waals surface area contributed by atoms with Gasteiger partial charge in [-0.2, -0.15) is 4.39 Å². The lowest BCUT2D eigenvalue weighted by molar-refractivity contribution is -0.387.